The summed E-state index contributed by atoms with van der Waals surface area (Å²) in [6.45, 7) is 3.51. The van der Waals surface area contributed by atoms with E-state index in [1.165, 1.54) is 24.1 Å². The van der Waals surface area contributed by atoms with Gasteiger partial charge in [-0.2, -0.15) is 0 Å². The number of ether oxygens (including phenoxy) is 1. The van der Waals surface area contributed by atoms with Crippen molar-refractivity contribution in [3.63, 3.8) is 0 Å². The molecule has 44 heavy (non-hydrogen) atoms. The molecule has 4 aromatic carbocycles. The molecule has 0 fully saturated rings. The van der Waals surface area contributed by atoms with Gasteiger partial charge in [-0.1, -0.05) is 83.9 Å². The number of nitrogens with zero attached hydrogens (tertiary/aromatic N) is 2. The first-order valence-electron chi connectivity index (χ1n) is 14.2. The summed E-state index contributed by atoms with van der Waals surface area (Å²) in [5.41, 5.74) is 2.68. The largest absolute Gasteiger partial charge is 0.495 e. The number of hydrogen-bond donors (Lipinski definition) is 1. The number of benzene rings is 4. The second-order valence-corrected chi connectivity index (χ2v) is 12.5. The second-order valence-electron chi connectivity index (χ2n) is 10.2. The predicted molar refractivity (Wildman–Crippen MR) is 173 cm³/mol. The summed E-state index contributed by atoms with van der Waals surface area (Å²) in [4.78, 5) is 29.5. The molecule has 0 bridgehead atoms. The first kappa shape index (κ1) is 32.6. The van der Waals surface area contributed by atoms with E-state index in [0.717, 1.165) is 21.0 Å². The van der Waals surface area contributed by atoms with Gasteiger partial charge in [0, 0.05) is 24.5 Å². The summed E-state index contributed by atoms with van der Waals surface area (Å²) < 4.78 is 34.9. The minimum Gasteiger partial charge on any atom is -0.495 e. The van der Waals surface area contributed by atoms with E-state index in [-0.39, 0.29) is 35.2 Å². The Morgan fingerprint density at radius 3 is 2.14 bits per heavy atom. The van der Waals surface area contributed by atoms with Crippen molar-refractivity contribution in [3.8, 4) is 5.75 Å². The van der Waals surface area contributed by atoms with Crippen LogP contribution in [0, 0.1) is 6.92 Å². The van der Waals surface area contributed by atoms with Gasteiger partial charge < -0.3 is 15.0 Å². The Labute approximate surface area is 264 Å². The molecule has 10 heteroatoms. The molecule has 4 rings (SSSR count). The molecule has 0 radical (unpaired) electrons. The fourth-order valence-corrected chi connectivity index (χ4v) is 6.37. The molecule has 8 nitrogen and oxygen atoms in total. The van der Waals surface area contributed by atoms with Crippen LogP contribution in [-0.2, 0) is 32.6 Å². The fraction of sp³-hybridized carbons (Fsp3) is 0.235. The third-order valence-electron chi connectivity index (χ3n) is 7.13. The molecule has 0 heterocycles. The van der Waals surface area contributed by atoms with Crippen LogP contribution in [0.15, 0.2) is 108 Å². The van der Waals surface area contributed by atoms with Crippen molar-refractivity contribution >= 4 is 39.1 Å². The second kappa shape index (κ2) is 14.9. The van der Waals surface area contributed by atoms with Gasteiger partial charge >= 0.3 is 0 Å². The summed E-state index contributed by atoms with van der Waals surface area (Å²) in [5, 5.41) is 3.39. The maximum absolute atomic E-state index is 14.4. The Hall–Kier alpha value is -4.34. The van der Waals surface area contributed by atoms with Crippen LogP contribution >= 0.6 is 11.6 Å². The number of carbonyl (C=O) groups excluding carboxylic acids is 2. The van der Waals surface area contributed by atoms with Crippen molar-refractivity contribution in [2.24, 2.45) is 0 Å². The lowest BCUT2D eigenvalue weighted by Crippen LogP contribution is -2.53. The van der Waals surface area contributed by atoms with Gasteiger partial charge in [-0.3, -0.25) is 13.9 Å². The molecule has 0 aliphatic heterocycles. The van der Waals surface area contributed by atoms with Gasteiger partial charge in [0.15, 0.2) is 0 Å². The van der Waals surface area contributed by atoms with Crippen molar-refractivity contribution in [2.75, 3.05) is 24.5 Å². The van der Waals surface area contributed by atoms with Gasteiger partial charge in [-0.15, -0.1) is 0 Å². The zero-order chi connectivity index (χ0) is 31.7. The Morgan fingerprint density at radius 1 is 0.864 bits per heavy atom. The first-order valence-corrected chi connectivity index (χ1v) is 16.0. The lowest BCUT2D eigenvalue weighted by atomic mass is 10.0. The smallest absolute Gasteiger partial charge is 0.264 e. The number of likely N-dealkylation sites (N-methyl/N-ethyl adjacent to an activating group) is 1. The van der Waals surface area contributed by atoms with Gasteiger partial charge in [0.2, 0.25) is 11.8 Å². The molecule has 0 saturated carbocycles. The zero-order valence-electron chi connectivity index (χ0n) is 24.9. The van der Waals surface area contributed by atoms with Crippen LogP contribution < -0.4 is 14.4 Å². The van der Waals surface area contributed by atoms with Crippen molar-refractivity contribution in [3.05, 3.63) is 125 Å². The third-order valence-corrected chi connectivity index (χ3v) is 9.16. The lowest BCUT2D eigenvalue weighted by Gasteiger charge is -2.34. The van der Waals surface area contributed by atoms with E-state index in [9.17, 15) is 18.0 Å². The number of sulfonamides is 1. The summed E-state index contributed by atoms with van der Waals surface area (Å²) in [6, 6.07) is 28.5. The van der Waals surface area contributed by atoms with Crippen molar-refractivity contribution in [2.45, 2.75) is 37.8 Å². The Kier molecular flexibility index (Phi) is 11.0. The standard InChI is InChI=1S/C34H36ClN3O5S/c1-4-36-34(40)31(22-26-10-6-5-7-11-26)37(23-27-16-18-28(35)19-17-27)33(39)24-38(30-12-8-9-13-32(30)43-3)44(41,42)29-20-14-25(2)15-21-29/h5-21,31H,4,22-24H2,1-3H3,(H,36,40)/t31-/m0/s1. The van der Waals surface area contributed by atoms with Gasteiger partial charge in [-0.25, -0.2) is 8.42 Å². The van der Waals surface area contributed by atoms with Gasteiger partial charge in [0.1, 0.15) is 18.3 Å². The highest BCUT2D eigenvalue weighted by Gasteiger charge is 2.35. The van der Waals surface area contributed by atoms with Crippen LogP contribution in [0.3, 0.4) is 0 Å². The number of halogens is 1. The number of nitrogens with one attached hydrogen (secondary N) is 1. The van der Waals surface area contributed by atoms with Crippen LogP contribution in [0.1, 0.15) is 23.6 Å². The molecular weight excluding hydrogens is 598 g/mol. The van der Waals surface area contributed by atoms with E-state index < -0.39 is 28.5 Å². The fourth-order valence-electron chi connectivity index (χ4n) is 4.82. The third kappa shape index (κ3) is 7.98. The molecule has 2 amide bonds. The molecule has 1 atom stereocenters. The number of methoxy groups -OCH3 is 1. The Morgan fingerprint density at radius 2 is 1.50 bits per heavy atom. The molecule has 0 saturated heterocycles. The molecule has 0 aliphatic carbocycles. The molecule has 0 aromatic heterocycles. The monoisotopic (exact) mass is 633 g/mol. The molecule has 0 aliphatic rings. The average molecular weight is 634 g/mol. The van der Waals surface area contributed by atoms with E-state index in [2.05, 4.69) is 5.32 Å². The lowest BCUT2D eigenvalue weighted by molar-refractivity contribution is -0.140. The molecule has 0 spiro atoms. The summed E-state index contributed by atoms with van der Waals surface area (Å²) in [6.07, 6.45) is 0.228. The van der Waals surface area contributed by atoms with Crippen molar-refractivity contribution < 1.29 is 22.7 Å². The summed E-state index contributed by atoms with van der Waals surface area (Å²) in [5.74, 6) is -0.623. The van der Waals surface area contributed by atoms with E-state index >= 15 is 0 Å². The van der Waals surface area contributed by atoms with Crippen LogP contribution in [0.25, 0.3) is 0 Å². The summed E-state index contributed by atoms with van der Waals surface area (Å²) >= 11 is 6.13. The van der Waals surface area contributed by atoms with Crippen molar-refractivity contribution in [1.29, 1.82) is 0 Å². The molecule has 0 unspecified atom stereocenters. The molecule has 4 aromatic rings. The minimum atomic E-state index is -4.24. The van der Waals surface area contributed by atoms with Crippen molar-refractivity contribution in [1.82, 2.24) is 10.2 Å². The summed E-state index contributed by atoms with van der Waals surface area (Å²) in [7, 11) is -2.80. The van der Waals surface area contributed by atoms with Crippen LogP contribution in [0.5, 0.6) is 5.75 Å². The number of rotatable bonds is 13. The normalized spacial score (nSPS) is 11.8. The molecular formula is C34H36ClN3O5S. The number of aryl methyl sites for hydroxylation is 1. The van der Waals surface area contributed by atoms with E-state index in [4.69, 9.17) is 16.3 Å². The Balaban J connectivity index is 1.82. The number of para-hydroxylation sites is 2. The van der Waals surface area contributed by atoms with E-state index in [1.807, 2.05) is 37.3 Å². The number of hydrogen-bond acceptors (Lipinski definition) is 5. The van der Waals surface area contributed by atoms with Crippen LogP contribution in [0.2, 0.25) is 5.02 Å². The minimum absolute atomic E-state index is 0.0237. The zero-order valence-corrected chi connectivity index (χ0v) is 26.5. The van der Waals surface area contributed by atoms with E-state index in [0.29, 0.717) is 11.6 Å². The highest BCUT2D eigenvalue weighted by Crippen LogP contribution is 2.33. The maximum atomic E-state index is 14.4. The average Bonchev–Trinajstić information content (AvgIpc) is 3.03. The van der Waals surface area contributed by atoms with Gasteiger partial charge in [0.05, 0.1) is 17.7 Å². The van der Waals surface area contributed by atoms with Gasteiger partial charge in [-0.05, 0) is 61.4 Å². The van der Waals surface area contributed by atoms with E-state index in [1.54, 1.807) is 67.6 Å². The highest BCUT2D eigenvalue weighted by molar-refractivity contribution is 7.92. The number of carbonyl (C=O) groups is 2. The van der Waals surface area contributed by atoms with Gasteiger partial charge in [0.25, 0.3) is 10.0 Å². The highest BCUT2D eigenvalue weighted by atomic mass is 35.5. The molecule has 230 valence electrons. The van der Waals surface area contributed by atoms with Crippen LogP contribution in [0.4, 0.5) is 5.69 Å². The van der Waals surface area contributed by atoms with Crippen LogP contribution in [-0.4, -0.2) is 51.4 Å². The predicted octanol–water partition coefficient (Wildman–Crippen LogP) is 5.63. The Bertz CT molecular complexity index is 1660. The quantitative estimate of drug-likeness (QED) is 0.206. The number of amides is 2. The molecule has 1 N–H and O–H groups in total. The SMILES string of the molecule is CCNC(=O)[C@H](Cc1ccccc1)N(Cc1ccc(Cl)cc1)C(=O)CN(c1ccccc1OC)S(=O)(=O)c1ccc(C)cc1. The number of anilines is 1. The maximum Gasteiger partial charge on any atom is 0.264 e. The topological polar surface area (TPSA) is 96.0 Å². The first-order chi connectivity index (χ1) is 21.1.